The van der Waals surface area contributed by atoms with Gasteiger partial charge in [-0.2, -0.15) is 5.26 Å². The van der Waals surface area contributed by atoms with Gasteiger partial charge in [-0.25, -0.2) is 4.39 Å². The normalized spacial score (nSPS) is 33.1. The number of rotatable bonds is 2. The summed E-state index contributed by atoms with van der Waals surface area (Å²) in [5.41, 5.74) is 0.267. The Bertz CT molecular complexity index is 525. The van der Waals surface area contributed by atoms with Gasteiger partial charge < -0.3 is 10.4 Å². The molecule has 4 heteroatoms. The van der Waals surface area contributed by atoms with E-state index in [-0.39, 0.29) is 5.82 Å². The highest BCUT2D eigenvalue weighted by molar-refractivity contribution is 5.39. The van der Waals surface area contributed by atoms with Crippen LogP contribution in [0.2, 0.25) is 0 Å². The quantitative estimate of drug-likeness (QED) is 0.853. The van der Waals surface area contributed by atoms with Gasteiger partial charge in [-0.15, -0.1) is 0 Å². The molecule has 3 rings (SSSR count). The third-order valence-corrected chi connectivity index (χ3v) is 4.29. The molecular weight excluding hydrogens is 243 g/mol. The molecule has 2 fully saturated rings. The largest absolute Gasteiger partial charge is 0.389 e. The fourth-order valence-electron chi connectivity index (χ4n) is 3.54. The second-order valence-electron chi connectivity index (χ2n) is 5.86. The van der Waals surface area contributed by atoms with E-state index in [0.29, 0.717) is 42.5 Å². The molecule has 2 saturated heterocycles. The van der Waals surface area contributed by atoms with Gasteiger partial charge in [0, 0.05) is 18.5 Å². The summed E-state index contributed by atoms with van der Waals surface area (Å²) in [6.45, 7) is 0. The second kappa shape index (κ2) is 4.59. The molecule has 1 aromatic rings. The van der Waals surface area contributed by atoms with E-state index < -0.39 is 5.60 Å². The Labute approximate surface area is 112 Å². The van der Waals surface area contributed by atoms with Crippen molar-refractivity contribution in [2.24, 2.45) is 0 Å². The van der Waals surface area contributed by atoms with E-state index in [1.165, 1.54) is 18.2 Å². The number of nitrogens with one attached hydrogen (secondary N) is 1. The van der Waals surface area contributed by atoms with Crippen LogP contribution in [0.3, 0.4) is 0 Å². The lowest BCUT2D eigenvalue weighted by Gasteiger charge is -2.37. The van der Waals surface area contributed by atoms with Gasteiger partial charge in [-0.1, -0.05) is 0 Å². The van der Waals surface area contributed by atoms with Crippen LogP contribution in [0.5, 0.6) is 0 Å². The topological polar surface area (TPSA) is 56.0 Å². The first-order valence-electron chi connectivity index (χ1n) is 6.75. The molecule has 2 bridgehead atoms. The molecule has 19 heavy (non-hydrogen) atoms. The fraction of sp³-hybridized carbons (Fsp3) is 0.533. The van der Waals surface area contributed by atoms with Gasteiger partial charge in [0.1, 0.15) is 5.82 Å². The van der Waals surface area contributed by atoms with E-state index in [0.717, 1.165) is 12.8 Å². The molecule has 2 aliphatic rings. The lowest BCUT2D eigenvalue weighted by atomic mass is 9.81. The van der Waals surface area contributed by atoms with Crippen molar-refractivity contribution in [1.29, 1.82) is 5.26 Å². The number of aliphatic hydroxyl groups is 1. The maximum absolute atomic E-state index is 13.3. The smallest absolute Gasteiger partial charge is 0.123 e. The number of benzene rings is 1. The zero-order chi connectivity index (χ0) is 13.5. The van der Waals surface area contributed by atoms with Gasteiger partial charge >= 0.3 is 0 Å². The molecular formula is C15H17FN2O. The predicted molar refractivity (Wildman–Crippen MR) is 68.9 cm³/mol. The molecule has 0 aliphatic carbocycles. The van der Waals surface area contributed by atoms with Crippen molar-refractivity contribution >= 4 is 0 Å². The molecule has 2 N–H and O–H groups in total. The molecule has 100 valence electrons. The second-order valence-corrected chi connectivity index (χ2v) is 5.86. The number of hydrogen-bond acceptors (Lipinski definition) is 3. The molecule has 0 aromatic heterocycles. The summed E-state index contributed by atoms with van der Waals surface area (Å²) in [7, 11) is 0. The first-order chi connectivity index (χ1) is 9.08. The van der Waals surface area contributed by atoms with E-state index in [2.05, 4.69) is 11.4 Å². The Morgan fingerprint density at radius 2 is 2.05 bits per heavy atom. The highest BCUT2D eigenvalue weighted by Gasteiger charge is 2.42. The van der Waals surface area contributed by atoms with E-state index in [1.807, 2.05) is 0 Å². The summed E-state index contributed by atoms with van der Waals surface area (Å²) in [5.74, 6) is -0.352. The Balaban J connectivity index is 1.85. The van der Waals surface area contributed by atoms with E-state index in [4.69, 9.17) is 5.26 Å². The summed E-state index contributed by atoms with van der Waals surface area (Å²) < 4.78 is 13.3. The van der Waals surface area contributed by atoms with Gasteiger partial charge in [-0.3, -0.25) is 0 Å². The molecule has 1 aromatic carbocycles. The van der Waals surface area contributed by atoms with E-state index in [9.17, 15) is 9.50 Å². The summed E-state index contributed by atoms with van der Waals surface area (Å²) in [6, 6.07) is 6.96. The van der Waals surface area contributed by atoms with Crippen molar-refractivity contribution in [2.75, 3.05) is 0 Å². The lowest BCUT2D eigenvalue weighted by molar-refractivity contribution is -0.00617. The minimum absolute atomic E-state index is 0.352. The van der Waals surface area contributed by atoms with E-state index in [1.54, 1.807) is 0 Å². The summed E-state index contributed by atoms with van der Waals surface area (Å²) in [5, 5.41) is 23.3. The number of hydrogen-bond donors (Lipinski definition) is 2. The standard InChI is InChI=1S/C15H17FN2O/c16-12-2-1-10(9-17)11(5-12)6-15(19)7-13-3-4-14(8-15)18-13/h1-2,5,13-14,18-19H,3-4,6-8H2. The van der Waals surface area contributed by atoms with Gasteiger partial charge in [0.15, 0.2) is 0 Å². The lowest BCUT2D eigenvalue weighted by Crippen LogP contribution is -2.49. The average Bonchev–Trinajstić information content (AvgIpc) is 2.69. The van der Waals surface area contributed by atoms with Crippen LogP contribution in [-0.2, 0) is 6.42 Å². The average molecular weight is 260 g/mol. The highest BCUT2D eigenvalue weighted by Crippen LogP contribution is 2.36. The zero-order valence-electron chi connectivity index (χ0n) is 10.7. The molecule has 0 saturated carbocycles. The summed E-state index contributed by atoms with van der Waals surface area (Å²) in [4.78, 5) is 0. The monoisotopic (exact) mass is 260 g/mol. The Hall–Kier alpha value is -1.44. The van der Waals surface area contributed by atoms with Crippen molar-refractivity contribution in [1.82, 2.24) is 5.32 Å². The number of nitriles is 1. The minimum Gasteiger partial charge on any atom is -0.389 e. The number of halogens is 1. The minimum atomic E-state index is -0.809. The van der Waals surface area contributed by atoms with Crippen molar-refractivity contribution < 1.29 is 9.50 Å². The highest BCUT2D eigenvalue weighted by atomic mass is 19.1. The Morgan fingerprint density at radius 3 is 2.68 bits per heavy atom. The van der Waals surface area contributed by atoms with Crippen molar-refractivity contribution in [2.45, 2.75) is 49.8 Å². The molecule has 2 aliphatic heterocycles. The predicted octanol–water partition coefficient (Wildman–Crippen LogP) is 1.89. The van der Waals surface area contributed by atoms with Crippen LogP contribution in [0.1, 0.15) is 36.8 Å². The summed E-state index contributed by atoms with van der Waals surface area (Å²) in [6.07, 6.45) is 3.93. The molecule has 0 radical (unpaired) electrons. The van der Waals surface area contributed by atoms with Crippen LogP contribution in [0.4, 0.5) is 4.39 Å². The molecule has 2 atom stereocenters. The maximum Gasteiger partial charge on any atom is 0.123 e. The molecule has 2 unspecified atom stereocenters. The molecule has 3 nitrogen and oxygen atoms in total. The van der Waals surface area contributed by atoms with E-state index >= 15 is 0 Å². The SMILES string of the molecule is N#Cc1ccc(F)cc1CC1(O)CC2CCC(C1)N2. The number of piperidine rings is 1. The van der Waals surface area contributed by atoms with Crippen molar-refractivity contribution in [3.63, 3.8) is 0 Å². The molecule has 0 spiro atoms. The third kappa shape index (κ3) is 2.49. The van der Waals surface area contributed by atoms with Gasteiger partial charge in [-0.05, 0) is 49.4 Å². The first kappa shape index (κ1) is 12.6. The molecule has 2 heterocycles. The van der Waals surface area contributed by atoms with Crippen LogP contribution >= 0.6 is 0 Å². The van der Waals surface area contributed by atoms with Crippen LogP contribution in [0.25, 0.3) is 0 Å². The van der Waals surface area contributed by atoms with Crippen LogP contribution in [0, 0.1) is 17.1 Å². The third-order valence-electron chi connectivity index (χ3n) is 4.29. The Kier molecular flexibility index (Phi) is 3.04. The number of fused-ring (bicyclic) bond motifs is 2. The van der Waals surface area contributed by atoms with Gasteiger partial charge in [0.05, 0.1) is 17.2 Å². The van der Waals surface area contributed by atoms with Crippen LogP contribution in [0.15, 0.2) is 18.2 Å². The maximum atomic E-state index is 13.3. The van der Waals surface area contributed by atoms with Crippen LogP contribution < -0.4 is 5.32 Å². The molecule has 0 amide bonds. The zero-order valence-corrected chi connectivity index (χ0v) is 10.7. The fourth-order valence-corrected chi connectivity index (χ4v) is 3.54. The summed E-state index contributed by atoms with van der Waals surface area (Å²) >= 11 is 0. The van der Waals surface area contributed by atoms with Crippen molar-refractivity contribution in [3.8, 4) is 6.07 Å². The van der Waals surface area contributed by atoms with Gasteiger partial charge in [0.25, 0.3) is 0 Å². The van der Waals surface area contributed by atoms with Crippen LogP contribution in [-0.4, -0.2) is 22.8 Å². The first-order valence-corrected chi connectivity index (χ1v) is 6.75. The van der Waals surface area contributed by atoms with Gasteiger partial charge in [0.2, 0.25) is 0 Å². The number of nitrogens with zero attached hydrogens (tertiary/aromatic N) is 1. The van der Waals surface area contributed by atoms with Crippen molar-refractivity contribution in [3.05, 3.63) is 35.1 Å². The Morgan fingerprint density at radius 1 is 1.37 bits per heavy atom.